The molecule has 0 aliphatic heterocycles. The van der Waals surface area contributed by atoms with E-state index in [1.54, 1.807) is 24.3 Å². The first-order valence-corrected chi connectivity index (χ1v) is 6.33. The van der Waals surface area contributed by atoms with Gasteiger partial charge in [-0.25, -0.2) is 4.39 Å². The van der Waals surface area contributed by atoms with Crippen molar-refractivity contribution in [1.82, 2.24) is 0 Å². The van der Waals surface area contributed by atoms with Gasteiger partial charge in [-0.15, -0.1) is 0 Å². The van der Waals surface area contributed by atoms with Crippen LogP contribution in [0.1, 0.15) is 15.9 Å². The molecule has 21 heavy (non-hydrogen) atoms. The smallest absolute Gasteiger partial charge is 0.248 e. The number of hydrogen-bond donors (Lipinski definition) is 1. The van der Waals surface area contributed by atoms with Crippen LogP contribution in [-0.2, 0) is 11.2 Å². The number of carbonyl (C=O) groups excluding carboxylic acids is 2. The minimum absolute atomic E-state index is 0.0900. The molecule has 0 saturated heterocycles. The molecule has 2 aromatic rings. The van der Waals surface area contributed by atoms with Gasteiger partial charge in [-0.3, -0.25) is 9.59 Å². The molecule has 0 fully saturated rings. The highest BCUT2D eigenvalue weighted by atomic mass is 19.1. The Balaban J connectivity index is 1.86. The quantitative estimate of drug-likeness (QED) is 0.884. The second kappa shape index (κ2) is 6.65. The number of benzene rings is 2. The van der Waals surface area contributed by atoms with Crippen molar-refractivity contribution in [3.8, 4) is 5.75 Å². The number of primary amides is 1. The van der Waals surface area contributed by atoms with E-state index in [9.17, 15) is 14.0 Å². The Hall–Kier alpha value is -2.69. The van der Waals surface area contributed by atoms with Gasteiger partial charge in [-0.05, 0) is 42.0 Å². The molecule has 0 heterocycles. The Kier molecular flexibility index (Phi) is 4.66. The third kappa shape index (κ3) is 4.42. The Bertz CT molecular complexity index is 636. The summed E-state index contributed by atoms with van der Waals surface area (Å²) >= 11 is 0. The van der Waals surface area contributed by atoms with Gasteiger partial charge in [0.1, 0.15) is 18.2 Å². The summed E-state index contributed by atoms with van der Waals surface area (Å²) in [5.41, 5.74) is 6.23. The summed E-state index contributed by atoms with van der Waals surface area (Å²) in [7, 11) is 0. The number of Topliss-reactive ketones (excluding diaryl/α,β-unsaturated/α-hetero) is 1. The largest absolute Gasteiger partial charge is 0.486 e. The fourth-order valence-corrected chi connectivity index (χ4v) is 1.76. The summed E-state index contributed by atoms with van der Waals surface area (Å²) < 4.78 is 18.1. The summed E-state index contributed by atoms with van der Waals surface area (Å²) in [5.74, 6) is -0.501. The highest BCUT2D eigenvalue weighted by Crippen LogP contribution is 2.12. The number of nitrogens with two attached hydrogens (primary N) is 1. The maximum atomic E-state index is 12.7. The molecule has 0 unspecified atom stereocenters. The number of amides is 1. The molecule has 0 aromatic heterocycles. The third-order valence-electron chi connectivity index (χ3n) is 2.85. The van der Waals surface area contributed by atoms with Crippen molar-refractivity contribution >= 4 is 11.7 Å². The highest BCUT2D eigenvalue weighted by Gasteiger charge is 2.06. The zero-order valence-corrected chi connectivity index (χ0v) is 11.2. The molecule has 0 spiro atoms. The Morgan fingerprint density at radius 3 is 2.19 bits per heavy atom. The van der Waals surface area contributed by atoms with Gasteiger partial charge in [0.2, 0.25) is 5.91 Å². The van der Waals surface area contributed by atoms with Crippen molar-refractivity contribution < 1.29 is 18.7 Å². The number of halogens is 1. The Labute approximate surface area is 121 Å². The molecule has 0 radical (unpaired) electrons. The SMILES string of the molecule is NC(=O)c1ccc(OCC(=O)Cc2ccc(F)cc2)cc1. The van der Waals surface area contributed by atoms with Crippen LogP contribution in [0.25, 0.3) is 0 Å². The molecule has 2 N–H and O–H groups in total. The third-order valence-corrected chi connectivity index (χ3v) is 2.85. The molecular formula is C16H14FNO3. The molecule has 0 aliphatic rings. The standard InChI is InChI=1S/C16H14FNO3/c17-13-5-1-11(2-6-13)9-14(19)10-21-15-7-3-12(4-8-15)16(18)20/h1-8H,9-10H2,(H2,18,20). The van der Waals surface area contributed by atoms with Gasteiger partial charge in [0, 0.05) is 12.0 Å². The topological polar surface area (TPSA) is 69.4 Å². The van der Waals surface area contributed by atoms with Crippen molar-refractivity contribution in [1.29, 1.82) is 0 Å². The zero-order chi connectivity index (χ0) is 15.2. The van der Waals surface area contributed by atoms with Crippen LogP contribution in [0.2, 0.25) is 0 Å². The fraction of sp³-hybridized carbons (Fsp3) is 0.125. The molecule has 0 bridgehead atoms. The van der Waals surface area contributed by atoms with Crippen LogP contribution in [0.15, 0.2) is 48.5 Å². The van der Waals surface area contributed by atoms with Crippen LogP contribution in [0.5, 0.6) is 5.75 Å². The van der Waals surface area contributed by atoms with E-state index in [2.05, 4.69) is 0 Å². The summed E-state index contributed by atoms with van der Waals surface area (Å²) in [4.78, 5) is 22.7. The van der Waals surface area contributed by atoms with Crippen molar-refractivity contribution in [3.63, 3.8) is 0 Å². The van der Waals surface area contributed by atoms with Crippen molar-refractivity contribution in [3.05, 3.63) is 65.5 Å². The van der Waals surface area contributed by atoms with Crippen LogP contribution in [0.3, 0.4) is 0 Å². The lowest BCUT2D eigenvalue weighted by Crippen LogP contribution is -2.14. The van der Waals surface area contributed by atoms with E-state index >= 15 is 0 Å². The Morgan fingerprint density at radius 1 is 1.00 bits per heavy atom. The number of ether oxygens (including phenoxy) is 1. The van der Waals surface area contributed by atoms with Gasteiger partial charge in [0.05, 0.1) is 0 Å². The van der Waals surface area contributed by atoms with E-state index in [1.165, 1.54) is 24.3 Å². The molecule has 2 aromatic carbocycles. The molecule has 0 atom stereocenters. The molecule has 4 nitrogen and oxygen atoms in total. The van der Waals surface area contributed by atoms with E-state index < -0.39 is 5.91 Å². The summed E-state index contributed by atoms with van der Waals surface area (Å²) in [6.07, 6.45) is 0.180. The number of carbonyl (C=O) groups is 2. The van der Waals surface area contributed by atoms with Crippen LogP contribution >= 0.6 is 0 Å². The number of hydrogen-bond acceptors (Lipinski definition) is 3. The van der Waals surface area contributed by atoms with E-state index in [1.807, 2.05) is 0 Å². The molecular weight excluding hydrogens is 273 g/mol. The summed E-state index contributed by atoms with van der Waals surface area (Å²) in [6.45, 7) is -0.0900. The highest BCUT2D eigenvalue weighted by molar-refractivity contribution is 5.92. The van der Waals surface area contributed by atoms with Gasteiger partial charge in [-0.2, -0.15) is 0 Å². The molecule has 108 valence electrons. The maximum absolute atomic E-state index is 12.7. The van der Waals surface area contributed by atoms with E-state index in [0.29, 0.717) is 11.3 Å². The summed E-state index contributed by atoms with van der Waals surface area (Å²) in [5, 5.41) is 0. The monoisotopic (exact) mass is 287 g/mol. The van der Waals surface area contributed by atoms with Gasteiger partial charge in [0.25, 0.3) is 0 Å². The molecule has 5 heteroatoms. The first-order chi connectivity index (χ1) is 10.0. The molecule has 0 aliphatic carbocycles. The number of ketones is 1. The predicted molar refractivity (Wildman–Crippen MR) is 75.6 cm³/mol. The average molecular weight is 287 g/mol. The van der Waals surface area contributed by atoms with Crippen molar-refractivity contribution in [2.24, 2.45) is 5.73 Å². The second-order valence-corrected chi connectivity index (χ2v) is 4.52. The predicted octanol–water partition coefficient (Wildman–Crippen LogP) is 2.12. The minimum Gasteiger partial charge on any atom is -0.486 e. The van der Waals surface area contributed by atoms with Crippen LogP contribution in [0, 0.1) is 5.82 Å². The van der Waals surface area contributed by atoms with E-state index in [0.717, 1.165) is 5.56 Å². The van der Waals surface area contributed by atoms with E-state index in [-0.39, 0.29) is 24.6 Å². The zero-order valence-electron chi connectivity index (χ0n) is 11.2. The number of rotatable bonds is 6. The van der Waals surface area contributed by atoms with Gasteiger partial charge in [-0.1, -0.05) is 12.1 Å². The van der Waals surface area contributed by atoms with E-state index in [4.69, 9.17) is 10.5 Å². The molecule has 0 saturated carbocycles. The molecule has 1 amide bonds. The Morgan fingerprint density at radius 2 is 1.62 bits per heavy atom. The summed E-state index contributed by atoms with van der Waals surface area (Å²) in [6, 6.07) is 12.0. The fourth-order valence-electron chi connectivity index (χ4n) is 1.76. The van der Waals surface area contributed by atoms with Crippen LogP contribution in [-0.4, -0.2) is 18.3 Å². The lowest BCUT2D eigenvalue weighted by Gasteiger charge is -2.06. The van der Waals surface area contributed by atoms with Gasteiger partial charge >= 0.3 is 0 Å². The van der Waals surface area contributed by atoms with Crippen molar-refractivity contribution in [2.45, 2.75) is 6.42 Å². The lowest BCUT2D eigenvalue weighted by molar-refractivity contribution is -0.120. The molecule has 2 rings (SSSR count). The first-order valence-electron chi connectivity index (χ1n) is 6.33. The van der Waals surface area contributed by atoms with Crippen molar-refractivity contribution in [2.75, 3.05) is 6.61 Å². The van der Waals surface area contributed by atoms with Crippen LogP contribution < -0.4 is 10.5 Å². The van der Waals surface area contributed by atoms with Gasteiger partial charge in [0.15, 0.2) is 5.78 Å². The lowest BCUT2D eigenvalue weighted by atomic mass is 10.1. The average Bonchev–Trinajstić information content (AvgIpc) is 2.48. The van der Waals surface area contributed by atoms with Crippen LogP contribution in [0.4, 0.5) is 4.39 Å². The minimum atomic E-state index is -0.520. The second-order valence-electron chi connectivity index (χ2n) is 4.52. The maximum Gasteiger partial charge on any atom is 0.248 e. The van der Waals surface area contributed by atoms with Gasteiger partial charge < -0.3 is 10.5 Å². The normalized spacial score (nSPS) is 10.1. The first kappa shape index (κ1) is 14.7.